The Bertz CT molecular complexity index is 499. The second-order valence-electron chi connectivity index (χ2n) is 4.34. The quantitative estimate of drug-likeness (QED) is 0.895. The van der Waals surface area contributed by atoms with Crippen LogP contribution in [0.2, 0.25) is 0 Å². The molecule has 0 spiro atoms. The highest BCUT2D eigenvalue weighted by Gasteiger charge is 2.25. The molecule has 1 aromatic carbocycles. The zero-order valence-corrected chi connectivity index (χ0v) is 10.4. The van der Waals surface area contributed by atoms with Gasteiger partial charge in [0, 0.05) is 19.2 Å². The summed E-state index contributed by atoms with van der Waals surface area (Å²) in [6.07, 6.45) is -0.136. The van der Waals surface area contributed by atoms with Crippen LogP contribution in [0.3, 0.4) is 0 Å². The minimum atomic E-state index is -3.12. The van der Waals surface area contributed by atoms with Crippen molar-refractivity contribution in [2.75, 3.05) is 18.4 Å². The number of β-amino-alcohol motifs (C(OH)–C–C–N with tert-alkyl or cyclic N) is 1. The van der Waals surface area contributed by atoms with Crippen LogP contribution in [0.15, 0.2) is 18.2 Å². The summed E-state index contributed by atoms with van der Waals surface area (Å²) >= 11 is 0. The number of nitrogens with one attached hydrogen (secondary N) is 1. The number of anilines is 1. The molecular formula is C12H13F3N2O3. The van der Waals surface area contributed by atoms with E-state index in [-0.39, 0.29) is 12.2 Å². The van der Waals surface area contributed by atoms with E-state index in [4.69, 9.17) is 0 Å². The molecule has 2 N–H and O–H groups in total. The van der Waals surface area contributed by atoms with Crippen molar-refractivity contribution in [1.82, 2.24) is 4.90 Å². The van der Waals surface area contributed by atoms with E-state index in [1.54, 1.807) is 0 Å². The Labute approximate surface area is 112 Å². The molecule has 5 nitrogen and oxygen atoms in total. The molecule has 2 amide bonds. The van der Waals surface area contributed by atoms with Gasteiger partial charge in [0.1, 0.15) is 5.82 Å². The molecule has 0 aliphatic carbocycles. The van der Waals surface area contributed by atoms with E-state index < -0.39 is 30.3 Å². The molecule has 0 unspecified atom stereocenters. The van der Waals surface area contributed by atoms with Gasteiger partial charge in [-0.2, -0.15) is 8.78 Å². The fourth-order valence-electron chi connectivity index (χ4n) is 1.91. The molecule has 8 heteroatoms. The van der Waals surface area contributed by atoms with Crippen LogP contribution < -0.4 is 10.1 Å². The number of urea groups is 1. The predicted molar refractivity (Wildman–Crippen MR) is 64.2 cm³/mol. The molecule has 1 fully saturated rings. The number of likely N-dealkylation sites (tertiary alicyclic amines) is 1. The van der Waals surface area contributed by atoms with Gasteiger partial charge < -0.3 is 20.1 Å². The van der Waals surface area contributed by atoms with E-state index in [0.717, 1.165) is 18.2 Å². The summed E-state index contributed by atoms with van der Waals surface area (Å²) in [7, 11) is 0. The Balaban J connectivity index is 2.10. The summed E-state index contributed by atoms with van der Waals surface area (Å²) in [5.74, 6) is -1.21. The van der Waals surface area contributed by atoms with Crippen molar-refractivity contribution >= 4 is 11.7 Å². The molecule has 1 atom stereocenters. The topological polar surface area (TPSA) is 61.8 Å². The molecular weight excluding hydrogens is 277 g/mol. The molecule has 2 rings (SSSR count). The largest absolute Gasteiger partial charge is 0.432 e. The van der Waals surface area contributed by atoms with Gasteiger partial charge in [0.05, 0.1) is 11.8 Å². The van der Waals surface area contributed by atoms with Crippen LogP contribution in [0.25, 0.3) is 0 Å². The Morgan fingerprint density at radius 3 is 2.85 bits per heavy atom. The number of ether oxygens (including phenoxy) is 1. The van der Waals surface area contributed by atoms with Gasteiger partial charge in [0.25, 0.3) is 0 Å². The number of benzene rings is 1. The lowest BCUT2D eigenvalue weighted by atomic mass is 10.3. The van der Waals surface area contributed by atoms with E-state index in [0.29, 0.717) is 13.0 Å². The maximum Gasteiger partial charge on any atom is 0.387 e. The molecule has 1 aliphatic rings. The highest BCUT2D eigenvalue weighted by Crippen LogP contribution is 2.27. The molecule has 0 bridgehead atoms. The number of carbonyl (C=O) groups is 1. The fourth-order valence-corrected chi connectivity index (χ4v) is 1.91. The van der Waals surface area contributed by atoms with Gasteiger partial charge in [-0.05, 0) is 18.6 Å². The highest BCUT2D eigenvalue weighted by atomic mass is 19.3. The van der Waals surface area contributed by atoms with E-state index in [2.05, 4.69) is 10.1 Å². The van der Waals surface area contributed by atoms with Gasteiger partial charge >= 0.3 is 12.6 Å². The summed E-state index contributed by atoms with van der Waals surface area (Å²) in [5, 5.41) is 11.7. The maximum absolute atomic E-state index is 13.0. The van der Waals surface area contributed by atoms with Gasteiger partial charge in [-0.15, -0.1) is 0 Å². The minimum Gasteiger partial charge on any atom is -0.432 e. The van der Waals surface area contributed by atoms with Crippen molar-refractivity contribution in [3.63, 3.8) is 0 Å². The normalized spacial score (nSPS) is 18.4. The zero-order chi connectivity index (χ0) is 14.7. The van der Waals surface area contributed by atoms with Crippen LogP contribution in [0.4, 0.5) is 23.7 Å². The van der Waals surface area contributed by atoms with Gasteiger partial charge in [-0.3, -0.25) is 0 Å². The van der Waals surface area contributed by atoms with E-state index in [9.17, 15) is 23.1 Å². The Hall–Kier alpha value is -1.96. The van der Waals surface area contributed by atoms with E-state index >= 15 is 0 Å². The first-order valence-corrected chi connectivity index (χ1v) is 5.94. The lowest BCUT2D eigenvalue weighted by Crippen LogP contribution is -2.33. The number of hydrogen-bond donors (Lipinski definition) is 2. The molecule has 0 aromatic heterocycles. The van der Waals surface area contributed by atoms with Gasteiger partial charge in [0.15, 0.2) is 5.75 Å². The molecule has 1 aromatic rings. The van der Waals surface area contributed by atoms with Crippen molar-refractivity contribution in [1.29, 1.82) is 0 Å². The van der Waals surface area contributed by atoms with E-state index in [1.165, 1.54) is 4.90 Å². The van der Waals surface area contributed by atoms with E-state index in [1.807, 2.05) is 0 Å². The molecule has 1 saturated heterocycles. The van der Waals surface area contributed by atoms with Crippen molar-refractivity contribution in [2.45, 2.75) is 19.1 Å². The second kappa shape index (κ2) is 6.00. The molecule has 0 radical (unpaired) electrons. The third kappa shape index (κ3) is 3.53. The lowest BCUT2D eigenvalue weighted by molar-refractivity contribution is -0.0495. The summed E-state index contributed by atoms with van der Waals surface area (Å²) in [5.41, 5.74) is -0.0573. The molecule has 1 aliphatic heterocycles. The maximum atomic E-state index is 13.0. The minimum absolute atomic E-state index is 0.0573. The third-order valence-electron chi connectivity index (χ3n) is 2.85. The number of amides is 2. The third-order valence-corrected chi connectivity index (χ3v) is 2.85. The summed E-state index contributed by atoms with van der Waals surface area (Å²) in [6, 6.07) is 2.36. The number of aliphatic hydroxyl groups excluding tert-OH is 1. The van der Waals surface area contributed by atoms with Gasteiger partial charge in [-0.1, -0.05) is 0 Å². The Morgan fingerprint density at radius 2 is 2.25 bits per heavy atom. The molecule has 0 saturated carbocycles. The van der Waals surface area contributed by atoms with Crippen LogP contribution in [0.1, 0.15) is 6.42 Å². The monoisotopic (exact) mass is 290 g/mol. The van der Waals surface area contributed by atoms with Crippen molar-refractivity contribution in [2.24, 2.45) is 0 Å². The number of rotatable bonds is 3. The van der Waals surface area contributed by atoms with Gasteiger partial charge in [-0.25, -0.2) is 9.18 Å². The molecule has 1 heterocycles. The van der Waals surface area contributed by atoms with Gasteiger partial charge in [0.2, 0.25) is 0 Å². The predicted octanol–water partition coefficient (Wildman–Crippen LogP) is 2.03. The van der Waals surface area contributed by atoms with Crippen molar-refractivity contribution in [3.05, 3.63) is 24.0 Å². The Morgan fingerprint density at radius 1 is 1.50 bits per heavy atom. The fraction of sp³-hybridized carbons (Fsp3) is 0.417. The van der Waals surface area contributed by atoms with Crippen molar-refractivity contribution < 1.29 is 27.8 Å². The average molecular weight is 290 g/mol. The zero-order valence-electron chi connectivity index (χ0n) is 10.4. The van der Waals surface area contributed by atoms with Crippen LogP contribution >= 0.6 is 0 Å². The standard InChI is InChI=1S/C12H13F3N2O3/c13-7-1-2-9(10(5-7)20-11(14)15)16-12(19)17-4-3-8(18)6-17/h1-2,5,8,11,18H,3-4,6H2,(H,16,19)/t8-/m0/s1. The summed E-state index contributed by atoms with van der Waals surface area (Å²) in [6.45, 7) is -2.60. The van der Waals surface area contributed by atoms with Crippen LogP contribution in [-0.4, -0.2) is 41.8 Å². The lowest BCUT2D eigenvalue weighted by Gasteiger charge is -2.18. The number of halogens is 3. The number of alkyl halides is 2. The summed E-state index contributed by atoms with van der Waals surface area (Å²) in [4.78, 5) is 13.2. The number of aliphatic hydroxyl groups is 1. The smallest absolute Gasteiger partial charge is 0.387 e. The first kappa shape index (κ1) is 14.4. The van der Waals surface area contributed by atoms with Crippen LogP contribution in [-0.2, 0) is 0 Å². The van der Waals surface area contributed by atoms with Crippen LogP contribution in [0, 0.1) is 5.82 Å². The van der Waals surface area contributed by atoms with Crippen molar-refractivity contribution in [3.8, 4) is 5.75 Å². The first-order chi connectivity index (χ1) is 9.45. The SMILES string of the molecule is O=C(Nc1ccc(F)cc1OC(F)F)N1CC[C@H](O)C1. The number of carbonyl (C=O) groups excluding carboxylic acids is 1. The average Bonchev–Trinajstić information content (AvgIpc) is 2.78. The molecule has 20 heavy (non-hydrogen) atoms. The highest BCUT2D eigenvalue weighted by molar-refractivity contribution is 5.91. The van der Waals surface area contributed by atoms with Crippen LogP contribution in [0.5, 0.6) is 5.75 Å². The second-order valence-corrected chi connectivity index (χ2v) is 4.34. The summed E-state index contributed by atoms with van der Waals surface area (Å²) < 4.78 is 41.6. The number of hydrogen-bond acceptors (Lipinski definition) is 3. The molecule has 110 valence electrons. The first-order valence-electron chi connectivity index (χ1n) is 5.94. The Kier molecular flexibility index (Phi) is 4.33. The number of nitrogens with zero attached hydrogens (tertiary/aromatic N) is 1.